The molecule has 1 amide bonds. The van der Waals surface area contributed by atoms with Gasteiger partial charge in [0.2, 0.25) is 0 Å². The highest BCUT2D eigenvalue weighted by atomic mass is 35.5. The first kappa shape index (κ1) is 21.4. The first-order chi connectivity index (χ1) is 15.1. The van der Waals surface area contributed by atoms with Gasteiger partial charge in [0.1, 0.15) is 10.6 Å². The molecule has 1 atom stereocenters. The number of hydrogen-bond acceptors (Lipinski definition) is 3. The number of fused-ring (bicyclic) bond motifs is 1. The Morgan fingerprint density at radius 3 is 2.32 bits per heavy atom. The zero-order chi connectivity index (χ0) is 21.8. The number of carbonyl (C=O) groups excluding carboxylic acids is 1. The van der Waals surface area contributed by atoms with E-state index < -0.39 is 0 Å². The first-order valence-electron chi connectivity index (χ1n) is 10.3. The largest absolute Gasteiger partial charge is 0.497 e. The van der Waals surface area contributed by atoms with Crippen molar-refractivity contribution in [2.24, 2.45) is 0 Å². The molecule has 0 spiro atoms. The fourth-order valence-corrected chi connectivity index (χ4v) is 5.33. The molecule has 0 N–H and O–H groups in total. The minimum Gasteiger partial charge on any atom is -0.497 e. The van der Waals surface area contributed by atoms with E-state index in [1.54, 1.807) is 7.11 Å². The maximum Gasteiger partial charge on any atom is 0.266 e. The average molecular weight is 450 g/mol. The topological polar surface area (TPSA) is 29.5 Å². The van der Waals surface area contributed by atoms with Crippen molar-refractivity contribution in [3.05, 3.63) is 99.9 Å². The summed E-state index contributed by atoms with van der Waals surface area (Å²) in [5.41, 5.74) is 2.24. The third-order valence-electron chi connectivity index (χ3n) is 5.48. The van der Waals surface area contributed by atoms with Crippen LogP contribution in [0.5, 0.6) is 5.75 Å². The van der Waals surface area contributed by atoms with Crippen molar-refractivity contribution in [1.82, 2.24) is 4.90 Å². The van der Waals surface area contributed by atoms with E-state index in [0.29, 0.717) is 16.4 Å². The van der Waals surface area contributed by atoms with Gasteiger partial charge in [-0.1, -0.05) is 72.3 Å². The van der Waals surface area contributed by atoms with Crippen LogP contribution in [0.1, 0.15) is 33.8 Å². The molecule has 0 radical (unpaired) electrons. The molecule has 0 aliphatic heterocycles. The SMILES string of the molecule is CCN(C(=O)c1sc2ccccc2c1Cl)[C@H](Cc1ccccc1)c1ccc(OC)cc1. The second-order valence-electron chi connectivity index (χ2n) is 7.31. The second-order valence-corrected chi connectivity index (χ2v) is 8.74. The molecule has 3 aromatic carbocycles. The Morgan fingerprint density at radius 2 is 1.68 bits per heavy atom. The third-order valence-corrected chi connectivity index (χ3v) is 7.14. The summed E-state index contributed by atoms with van der Waals surface area (Å²) < 4.78 is 6.35. The van der Waals surface area contributed by atoms with E-state index in [9.17, 15) is 4.79 Å². The van der Waals surface area contributed by atoms with Crippen molar-refractivity contribution < 1.29 is 9.53 Å². The molecule has 0 bridgehead atoms. The van der Waals surface area contributed by atoms with Gasteiger partial charge in [0.25, 0.3) is 5.91 Å². The molecule has 0 aliphatic rings. The van der Waals surface area contributed by atoms with Crippen LogP contribution in [0.15, 0.2) is 78.9 Å². The number of hydrogen-bond donors (Lipinski definition) is 0. The van der Waals surface area contributed by atoms with Crippen LogP contribution in [0.4, 0.5) is 0 Å². The number of likely N-dealkylation sites (N-methyl/N-ethyl adjacent to an activating group) is 1. The van der Waals surface area contributed by atoms with E-state index in [4.69, 9.17) is 16.3 Å². The smallest absolute Gasteiger partial charge is 0.266 e. The number of rotatable bonds is 7. The van der Waals surface area contributed by atoms with E-state index in [1.165, 1.54) is 16.9 Å². The van der Waals surface area contributed by atoms with Crippen LogP contribution in [0.25, 0.3) is 10.1 Å². The molecule has 31 heavy (non-hydrogen) atoms. The summed E-state index contributed by atoms with van der Waals surface area (Å²) in [6.07, 6.45) is 0.718. The lowest BCUT2D eigenvalue weighted by Gasteiger charge is -2.31. The summed E-state index contributed by atoms with van der Waals surface area (Å²) in [6, 6.07) is 26.0. The monoisotopic (exact) mass is 449 g/mol. The predicted molar refractivity (Wildman–Crippen MR) is 129 cm³/mol. The lowest BCUT2D eigenvalue weighted by molar-refractivity contribution is 0.0692. The Kier molecular flexibility index (Phi) is 6.59. The Bertz CT molecular complexity index is 1170. The van der Waals surface area contributed by atoms with Crippen LogP contribution >= 0.6 is 22.9 Å². The Labute approximate surface area is 191 Å². The van der Waals surface area contributed by atoms with Gasteiger partial charge in [0.05, 0.1) is 18.2 Å². The Morgan fingerprint density at radius 1 is 1.00 bits per heavy atom. The van der Waals surface area contributed by atoms with Crippen molar-refractivity contribution in [2.75, 3.05) is 13.7 Å². The summed E-state index contributed by atoms with van der Waals surface area (Å²) >= 11 is 8.11. The molecule has 0 saturated heterocycles. The van der Waals surface area contributed by atoms with Crippen LogP contribution in [0, 0.1) is 0 Å². The Balaban J connectivity index is 1.74. The quantitative estimate of drug-likeness (QED) is 0.303. The summed E-state index contributed by atoms with van der Waals surface area (Å²) in [6.45, 7) is 2.59. The van der Waals surface area contributed by atoms with Gasteiger partial charge in [0, 0.05) is 16.6 Å². The van der Waals surface area contributed by atoms with Gasteiger partial charge >= 0.3 is 0 Å². The third kappa shape index (κ3) is 4.46. The van der Waals surface area contributed by atoms with Crippen LogP contribution < -0.4 is 4.74 Å². The first-order valence-corrected chi connectivity index (χ1v) is 11.5. The zero-order valence-electron chi connectivity index (χ0n) is 17.5. The summed E-state index contributed by atoms with van der Waals surface area (Å²) in [7, 11) is 1.65. The van der Waals surface area contributed by atoms with Crippen molar-refractivity contribution in [2.45, 2.75) is 19.4 Å². The van der Waals surface area contributed by atoms with Crippen LogP contribution in [-0.2, 0) is 6.42 Å². The maximum atomic E-state index is 13.7. The van der Waals surface area contributed by atoms with Gasteiger partial charge in [-0.2, -0.15) is 0 Å². The molecule has 0 unspecified atom stereocenters. The number of nitrogens with zero attached hydrogens (tertiary/aromatic N) is 1. The van der Waals surface area contributed by atoms with Gasteiger partial charge < -0.3 is 9.64 Å². The van der Waals surface area contributed by atoms with Gasteiger partial charge in [-0.05, 0) is 42.7 Å². The van der Waals surface area contributed by atoms with Crippen LogP contribution in [-0.4, -0.2) is 24.5 Å². The standard InChI is InChI=1S/C26H24ClNO2S/c1-3-28(26(29)25-24(27)21-11-7-8-12-23(21)31-25)22(17-18-9-5-4-6-10-18)19-13-15-20(30-2)16-14-19/h4-16,22H,3,17H2,1-2H3/t22-/m1/s1. The second kappa shape index (κ2) is 9.54. The summed E-state index contributed by atoms with van der Waals surface area (Å²) in [5, 5.41) is 1.47. The minimum atomic E-state index is -0.118. The fourth-order valence-electron chi connectivity index (χ4n) is 3.86. The number of thiophene rings is 1. The highest BCUT2D eigenvalue weighted by Crippen LogP contribution is 2.38. The van der Waals surface area contributed by atoms with E-state index in [2.05, 4.69) is 12.1 Å². The molecule has 1 heterocycles. The number of carbonyl (C=O) groups is 1. The van der Waals surface area contributed by atoms with E-state index in [1.807, 2.05) is 78.6 Å². The molecule has 0 saturated carbocycles. The fraction of sp³-hybridized carbons (Fsp3) is 0.192. The number of ether oxygens (including phenoxy) is 1. The minimum absolute atomic E-state index is 0.0366. The normalized spacial score (nSPS) is 12.0. The average Bonchev–Trinajstić information content (AvgIpc) is 3.16. The van der Waals surface area contributed by atoms with Crippen molar-refractivity contribution in [3.8, 4) is 5.75 Å². The lowest BCUT2D eigenvalue weighted by atomic mass is 9.97. The van der Waals surface area contributed by atoms with E-state index >= 15 is 0 Å². The number of amides is 1. The highest BCUT2D eigenvalue weighted by molar-refractivity contribution is 7.21. The van der Waals surface area contributed by atoms with Crippen LogP contribution in [0.3, 0.4) is 0 Å². The molecule has 0 aliphatic carbocycles. The predicted octanol–water partition coefficient (Wildman–Crippen LogP) is 7.01. The molecule has 4 aromatic rings. The zero-order valence-corrected chi connectivity index (χ0v) is 19.1. The molecule has 1 aromatic heterocycles. The highest BCUT2D eigenvalue weighted by Gasteiger charge is 2.28. The number of halogens is 1. The van der Waals surface area contributed by atoms with Gasteiger partial charge in [0.15, 0.2) is 0 Å². The number of benzene rings is 3. The molecule has 5 heteroatoms. The molecular formula is C26H24ClNO2S. The maximum absolute atomic E-state index is 13.7. The molecule has 158 valence electrons. The van der Waals surface area contributed by atoms with Crippen molar-refractivity contribution in [1.29, 1.82) is 0 Å². The Hall–Kier alpha value is -2.82. The lowest BCUT2D eigenvalue weighted by Crippen LogP contribution is -2.35. The molecule has 0 fully saturated rings. The van der Waals surface area contributed by atoms with Crippen molar-refractivity contribution in [3.63, 3.8) is 0 Å². The summed E-state index contributed by atoms with van der Waals surface area (Å²) in [4.78, 5) is 16.2. The van der Waals surface area contributed by atoms with E-state index in [-0.39, 0.29) is 11.9 Å². The molecular weight excluding hydrogens is 426 g/mol. The van der Waals surface area contributed by atoms with E-state index in [0.717, 1.165) is 27.8 Å². The molecule has 3 nitrogen and oxygen atoms in total. The molecule has 4 rings (SSSR count). The van der Waals surface area contributed by atoms with Crippen molar-refractivity contribution >= 4 is 38.9 Å². The van der Waals surface area contributed by atoms with Gasteiger partial charge in [-0.15, -0.1) is 11.3 Å². The summed E-state index contributed by atoms with van der Waals surface area (Å²) in [5.74, 6) is 0.759. The number of methoxy groups -OCH3 is 1. The van der Waals surface area contributed by atoms with Crippen LogP contribution in [0.2, 0.25) is 5.02 Å². The van der Waals surface area contributed by atoms with Gasteiger partial charge in [-0.25, -0.2) is 0 Å². The van der Waals surface area contributed by atoms with Gasteiger partial charge in [-0.3, -0.25) is 4.79 Å².